The van der Waals surface area contributed by atoms with E-state index in [-0.39, 0.29) is 0 Å². The summed E-state index contributed by atoms with van der Waals surface area (Å²) in [4.78, 5) is 11.0. The van der Waals surface area contributed by atoms with Crippen LogP contribution in [0.5, 0.6) is 0 Å². The summed E-state index contributed by atoms with van der Waals surface area (Å²) in [5, 5.41) is 14.5. The van der Waals surface area contributed by atoms with Gasteiger partial charge in [0.2, 0.25) is 0 Å². The van der Waals surface area contributed by atoms with Crippen molar-refractivity contribution in [2.45, 2.75) is 26.4 Å². The molecule has 0 unspecified atom stereocenters. The van der Waals surface area contributed by atoms with Crippen molar-refractivity contribution in [1.29, 1.82) is 0 Å². The average Bonchev–Trinajstić information content (AvgIpc) is 3.06. The molecule has 21 heavy (non-hydrogen) atoms. The third-order valence-corrected chi connectivity index (χ3v) is 3.54. The lowest BCUT2D eigenvalue weighted by molar-refractivity contribution is 0.0697. The van der Waals surface area contributed by atoms with Crippen molar-refractivity contribution in [3.05, 3.63) is 54.0 Å². The van der Waals surface area contributed by atoms with Crippen LogP contribution in [0.3, 0.4) is 0 Å². The maximum atomic E-state index is 11.0. The number of aromatic nitrogens is 3. The summed E-state index contributed by atoms with van der Waals surface area (Å²) < 4.78 is 4.01. The highest BCUT2D eigenvalue weighted by molar-refractivity contribution is 5.93. The quantitative estimate of drug-likeness (QED) is 0.800. The van der Waals surface area contributed by atoms with Crippen LogP contribution in [0.1, 0.15) is 35.9 Å². The Labute approximate surface area is 122 Å². The van der Waals surface area contributed by atoms with E-state index in [1.165, 1.54) is 0 Å². The summed E-state index contributed by atoms with van der Waals surface area (Å²) in [6.45, 7) is 4.86. The highest BCUT2D eigenvalue weighted by Gasteiger charge is 2.08. The molecule has 0 saturated carbocycles. The molecule has 5 heteroatoms. The molecule has 0 aliphatic heterocycles. The monoisotopic (exact) mass is 283 g/mol. The molecule has 5 nitrogen and oxygen atoms in total. The van der Waals surface area contributed by atoms with Gasteiger partial charge in [-0.25, -0.2) is 4.79 Å². The van der Waals surface area contributed by atoms with E-state index >= 15 is 0 Å². The predicted molar refractivity (Wildman–Crippen MR) is 80.6 cm³/mol. The van der Waals surface area contributed by atoms with Gasteiger partial charge in [-0.15, -0.1) is 0 Å². The Balaban J connectivity index is 1.91. The van der Waals surface area contributed by atoms with Crippen LogP contribution in [0, 0.1) is 0 Å². The number of rotatable bonds is 4. The van der Waals surface area contributed by atoms with E-state index in [1.54, 1.807) is 12.1 Å². The molecule has 0 spiro atoms. The Morgan fingerprint density at radius 2 is 2.05 bits per heavy atom. The highest BCUT2D eigenvalue weighted by atomic mass is 16.4. The van der Waals surface area contributed by atoms with Crippen LogP contribution in [0.2, 0.25) is 0 Å². The zero-order valence-corrected chi connectivity index (χ0v) is 12.0. The van der Waals surface area contributed by atoms with Crippen LogP contribution in [-0.2, 0) is 6.54 Å². The molecule has 2 aromatic heterocycles. The highest BCUT2D eigenvalue weighted by Crippen LogP contribution is 2.19. The summed E-state index contributed by atoms with van der Waals surface area (Å²) in [6, 6.07) is 9.46. The fourth-order valence-electron chi connectivity index (χ4n) is 2.39. The van der Waals surface area contributed by atoms with Crippen molar-refractivity contribution in [2.24, 2.45) is 0 Å². The first kappa shape index (κ1) is 13.4. The Morgan fingerprint density at radius 3 is 2.71 bits per heavy atom. The van der Waals surface area contributed by atoms with Gasteiger partial charge in [0, 0.05) is 29.3 Å². The third-order valence-electron chi connectivity index (χ3n) is 3.54. The van der Waals surface area contributed by atoms with E-state index in [1.807, 2.05) is 35.3 Å². The van der Waals surface area contributed by atoms with Crippen LogP contribution in [0.15, 0.2) is 42.7 Å². The molecule has 0 amide bonds. The van der Waals surface area contributed by atoms with Crippen LogP contribution >= 0.6 is 0 Å². The number of hydrogen-bond donors (Lipinski definition) is 1. The molecule has 0 saturated heterocycles. The van der Waals surface area contributed by atoms with Crippen LogP contribution in [0.25, 0.3) is 10.9 Å². The lowest BCUT2D eigenvalue weighted by Crippen LogP contribution is -2.04. The van der Waals surface area contributed by atoms with Gasteiger partial charge in [-0.2, -0.15) is 5.10 Å². The minimum Gasteiger partial charge on any atom is -0.478 e. The van der Waals surface area contributed by atoms with Gasteiger partial charge in [0.1, 0.15) is 0 Å². The first-order valence-corrected chi connectivity index (χ1v) is 6.91. The molecule has 0 aliphatic carbocycles. The molecule has 0 atom stereocenters. The van der Waals surface area contributed by atoms with E-state index < -0.39 is 5.97 Å². The topological polar surface area (TPSA) is 60.0 Å². The van der Waals surface area contributed by atoms with Crippen LogP contribution in [0.4, 0.5) is 0 Å². The number of benzene rings is 1. The Kier molecular flexibility index (Phi) is 3.25. The number of aromatic carboxylic acids is 1. The number of carboxylic acids is 1. The number of fused-ring (bicyclic) bond motifs is 1. The summed E-state index contributed by atoms with van der Waals surface area (Å²) in [5.41, 5.74) is 2.31. The zero-order valence-electron chi connectivity index (χ0n) is 12.0. The number of nitrogens with zero attached hydrogens (tertiary/aromatic N) is 3. The van der Waals surface area contributed by atoms with Crippen molar-refractivity contribution in [2.75, 3.05) is 0 Å². The summed E-state index contributed by atoms with van der Waals surface area (Å²) in [6.07, 6.45) is 3.94. The number of hydrogen-bond acceptors (Lipinski definition) is 2. The Bertz CT molecular complexity index is 799. The fourth-order valence-corrected chi connectivity index (χ4v) is 2.39. The summed E-state index contributed by atoms with van der Waals surface area (Å²) >= 11 is 0. The van der Waals surface area contributed by atoms with E-state index in [0.717, 1.165) is 16.6 Å². The van der Waals surface area contributed by atoms with Gasteiger partial charge in [-0.1, -0.05) is 0 Å². The third kappa shape index (κ3) is 2.54. The lowest BCUT2D eigenvalue weighted by Gasteiger charge is -2.05. The largest absolute Gasteiger partial charge is 0.478 e. The fraction of sp³-hybridized carbons (Fsp3) is 0.250. The van der Waals surface area contributed by atoms with Crippen LogP contribution in [-0.4, -0.2) is 25.4 Å². The average molecular weight is 283 g/mol. The first-order valence-electron chi connectivity index (χ1n) is 6.91. The van der Waals surface area contributed by atoms with E-state index in [4.69, 9.17) is 5.11 Å². The Hall–Kier alpha value is -2.56. The minimum atomic E-state index is -0.902. The van der Waals surface area contributed by atoms with Gasteiger partial charge in [-0.3, -0.25) is 4.68 Å². The smallest absolute Gasteiger partial charge is 0.335 e. The van der Waals surface area contributed by atoms with Crippen molar-refractivity contribution in [3.63, 3.8) is 0 Å². The molecular formula is C16H17N3O2. The molecule has 2 heterocycles. The normalized spacial score (nSPS) is 11.4. The number of carboxylic acid groups (broad SMARTS) is 1. The van der Waals surface area contributed by atoms with Crippen molar-refractivity contribution < 1.29 is 9.90 Å². The molecular weight excluding hydrogens is 266 g/mol. The van der Waals surface area contributed by atoms with Gasteiger partial charge in [0.05, 0.1) is 17.8 Å². The second-order valence-electron chi connectivity index (χ2n) is 5.40. The van der Waals surface area contributed by atoms with Gasteiger partial charge in [-0.05, 0) is 44.2 Å². The van der Waals surface area contributed by atoms with Crippen molar-refractivity contribution in [3.8, 4) is 0 Å². The minimum absolute atomic E-state index is 0.310. The molecule has 108 valence electrons. The van der Waals surface area contributed by atoms with Crippen molar-refractivity contribution in [1.82, 2.24) is 14.3 Å². The van der Waals surface area contributed by atoms with Crippen molar-refractivity contribution >= 4 is 16.9 Å². The van der Waals surface area contributed by atoms with Gasteiger partial charge < -0.3 is 9.67 Å². The maximum absolute atomic E-state index is 11.0. The summed E-state index contributed by atoms with van der Waals surface area (Å²) in [7, 11) is 0. The molecule has 0 aliphatic rings. The molecule has 3 aromatic rings. The predicted octanol–water partition coefficient (Wildman–Crippen LogP) is 3.17. The van der Waals surface area contributed by atoms with E-state index in [0.29, 0.717) is 18.2 Å². The molecule has 1 aromatic carbocycles. The van der Waals surface area contributed by atoms with E-state index in [9.17, 15) is 4.79 Å². The number of carbonyl (C=O) groups is 1. The lowest BCUT2D eigenvalue weighted by atomic mass is 10.1. The second-order valence-corrected chi connectivity index (χ2v) is 5.40. The molecule has 0 bridgehead atoms. The molecule has 0 radical (unpaired) electrons. The van der Waals surface area contributed by atoms with E-state index in [2.05, 4.69) is 23.5 Å². The Morgan fingerprint density at radius 1 is 1.24 bits per heavy atom. The standard InChI is InChI=1S/C16H17N3O2/c1-11(2)19-8-6-14(17-19)10-18-7-5-12-9-13(16(20)21)3-4-15(12)18/h3-9,11H,10H2,1-2H3,(H,20,21). The van der Waals surface area contributed by atoms with Gasteiger partial charge in [0.25, 0.3) is 0 Å². The molecule has 3 rings (SSSR count). The maximum Gasteiger partial charge on any atom is 0.335 e. The SMILES string of the molecule is CC(C)n1ccc(Cn2ccc3cc(C(=O)O)ccc32)n1. The van der Waals surface area contributed by atoms with Gasteiger partial charge in [0.15, 0.2) is 0 Å². The second kappa shape index (κ2) is 5.09. The van der Waals surface area contributed by atoms with Crippen LogP contribution < -0.4 is 0 Å². The molecule has 1 N–H and O–H groups in total. The molecule has 0 fully saturated rings. The van der Waals surface area contributed by atoms with Gasteiger partial charge >= 0.3 is 5.97 Å². The summed E-state index contributed by atoms with van der Waals surface area (Å²) in [5.74, 6) is -0.902. The zero-order chi connectivity index (χ0) is 15.0. The first-order chi connectivity index (χ1) is 10.0.